The number of nitrogens with zero attached hydrogens (tertiary/aromatic N) is 1. The normalized spacial score (nSPS) is 16.1. The summed E-state index contributed by atoms with van der Waals surface area (Å²) in [7, 11) is 0. The molecule has 1 N–H and O–H groups in total. The molecule has 1 fully saturated rings. The lowest BCUT2D eigenvalue weighted by atomic mass is 10.1. The Bertz CT molecular complexity index is 1140. The Morgan fingerprint density at radius 1 is 1.07 bits per heavy atom. The van der Waals surface area contributed by atoms with Crippen molar-refractivity contribution in [2.45, 2.75) is 13.5 Å². The van der Waals surface area contributed by atoms with Crippen LogP contribution in [0.3, 0.4) is 0 Å². The Hall–Kier alpha value is -3.38. The zero-order valence-corrected chi connectivity index (χ0v) is 17.1. The first-order valence-electron chi connectivity index (χ1n) is 9.39. The number of ether oxygens (including phenoxy) is 1. The summed E-state index contributed by atoms with van der Waals surface area (Å²) < 4.78 is 19.6. The summed E-state index contributed by atoms with van der Waals surface area (Å²) in [5, 5.41) is 3.02. The minimum absolute atomic E-state index is 0.191. The van der Waals surface area contributed by atoms with Gasteiger partial charge in [-0.15, -0.1) is 0 Å². The molecule has 1 aliphatic rings. The Balaban J connectivity index is 1.42. The number of benzene rings is 3. The molecule has 3 aromatic carbocycles. The Labute approximate surface area is 178 Å². The fourth-order valence-electron chi connectivity index (χ4n) is 2.91. The third-order valence-corrected chi connectivity index (χ3v) is 5.30. The molecule has 30 heavy (non-hydrogen) atoms. The highest BCUT2D eigenvalue weighted by Gasteiger charge is 2.24. The number of amidine groups is 1. The van der Waals surface area contributed by atoms with E-state index in [0.29, 0.717) is 16.7 Å². The minimum Gasteiger partial charge on any atom is -0.489 e. The standard InChI is InChI=1S/C24H19FN2O2S/c1-16-5-4-6-18(13-16)15-29-19-11-9-17(10-12-19)14-22-23(28)27-24(30-22)26-21-8-3-2-7-20(21)25/h2-14H,15H2,1H3,(H,26,27,28)/b22-14-. The van der Waals surface area contributed by atoms with Crippen molar-refractivity contribution in [2.24, 2.45) is 4.99 Å². The average Bonchev–Trinajstić information content (AvgIpc) is 3.08. The molecule has 1 saturated heterocycles. The first-order chi connectivity index (χ1) is 14.6. The minimum atomic E-state index is -0.432. The van der Waals surface area contributed by atoms with Crippen LogP contribution in [-0.2, 0) is 11.4 Å². The van der Waals surface area contributed by atoms with Gasteiger partial charge in [0.1, 0.15) is 23.9 Å². The fourth-order valence-corrected chi connectivity index (χ4v) is 3.75. The van der Waals surface area contributed by atoms with Crippen LogP contribution in [0.5, 0.6) is 5.75 Å². The third-order valence-electron chi connectivity index (χ3n) is 4.39. The molecule has 0 atom stereocenters. The lowest BCUT2D eigenvalue weighted by molar-refractivity contribution is -0.115. The van der Waals surface area contributed by atoms with E-state index in [1.54, 1.807) is 24.3 Å². The second-order valence-electron chi connectivity index (χ2n) is 6.78. The molecule has 0 spiro atoms. The van der Waals surface area contributed by atoms with Gasteiger partial charge >= 0.3 is 0 Å². The number of para-hydroxylation sites is 1. The summed E-state index contributed by atoms with van der Waals surface area (Å²) in [4.78, 5) is 16.9. The molecule has 1 aliphatic heterocycles. The molecule has 3 aromatic rings. The summed E-state index contributed by atoms with van der Waals surface area (Å²) in [5.41, 5.74) is 3.37. The number of carbonyl (C=O) groups excluding carboxylic acids is 1. The molecule has 0 aromatic heterocycles. The van der Waals surface area contributed by atoms with Crippen molar-refractivity contribution in [3.05, 3.63) is 100 Å². The number of aryl methyl sites for hydroxylation is 1. The highest BCUT2D eigenvalue weighted by Crippen LogP contribution is 2.29. The van der Waals surface area contributed by atoms with Gasteiger partial charge in [0.15, 0.2) is 5.17 Å². The molecule has 6 heteroatoms. The number of nitrogens with one attached hydrogen (secondary N) is 1. The molecule has 0 bridgehead atoms. The van der Waals surface area contributed by atoms with Crippen LogP contribution < -0.4 is 10.1 Å². The quantitative estimate of drug-likeness (QED) is 0.549. The van der Waals surface area contributed by atoms with Gasteiger partial charge in [0.05, 0.1) is 4.91 Å². The van der Waals surface area contributed by atoms with E-state index in [1.165, 1.54) is 23.4 Å². The van der Waals surface area contributed by atoms with E-state index in [-0.39, 0.29) is 11.6 Å². The maximum absolute atomic E-state index is 13.8. The van der Waals surface area contributed by atoms with Gasteiger partial charge in [0.25, 0.3) is 5.91 Å². The first-order valence-corrected chi connectivity index (χ1v) is 10.2. The number of rotatable bonds is 5. The summed E-state index contributed by atoms with van der Waals surface area (Å²) in [5.74, 6) is 0.0670. The largest absolute Gasteiger partial charge is 0.489 e. The van der Waals surface area contributed by atoms with E-state index in [4.69, 9.17) is 4.74 Å². The topological polar surface area (TPSA) is 50.7 Å². The lowest BCUT2D eigenvalue weighted by Crippen LogP contribution is -2.19. The number of amides is 1. The molecule has 0 aliphatic carbocycles. The van der Waals surface area contributed by atoms with Crippen molar-refractivity contribution in [1.29, 1.82) is 0 Å². The second kappa shape index (κ2) is 8.97. The molecule has 1 heterocycles. The number of halogens is 1. The zero-order chi connectivity index (χ0) is 20.9. The Morgan fingerprint density at radius 2 is 1.87 bits per heavy atom. The van der Waals surface area contributed by atoms with Crippen molar-refractivity contribution in [1.82, 2.24) is 5.32 Å². The van der Waals surface area contributed by atoms with E-state index >= 15 is 0 Å². The smallest absolute Gasteiger partial charge is 0.264 e. The van der Waals surface area contributed by atoms with Crippen molar-refractivity contribution in [3.8, 4) is 5.75 Å². The van der Waals surface area contributed by atoms with Crippen LogP contribution in [0.15, 0.2) is 82.7 Å². The van der Waals surface area contributed by atoms with Crippen molar-refractivity contribution < 1.29 is 13.9 Å². The molecule has 4 rings (SSSR count). The van der Waals surface area contributed by atoms with Gasteiger partial charge in [-0.25, -0.2) is 9.38 Å². The molecule has 0 radical (unpaired) electrons. The number of hydrogen-bond donors (Lipinski definition) is 1. The van der Waals surface area contributed by atoms with Crippen LogP contribution in [0.2, 0.25) is 0 Å². The van der Waals surface area contributed by atoms with Gasteiger partial charge in [0, 0.05) is 0 Å². The van der Waals surface area contributed by atoms with Crippen LogP contribution in [-0.4, -0.2) is 11.1 Å². The highest BCUT2D eigenvalue weighted by molar-refractivity contribution is 8.18. The predicted octanol–water partition coefficient (Wildman–Crippen LogP) is 5.60. The third kappa shape index (κ3) is 4.96. The summed E-state index contributed by atoms with van der Waals surface area (Å²) in [6.07, 6.45) is 1.77. The van der Waals surface area contributed by atoms with E-state index in [9.17, 15) is 9.18 Å². The number of thioether (sulfide) groups is 1. The van der Waals surface area contributed by atoms with Gasteiger partial charge < -0.3 is 10.1 Å². The second-order valence-corrected chi connectivity index (χ2v) is 7.81. The van der Waals surface area contributed by atoms with E-state index in [0.717, 1.165) is 16.9 Å². The lowest BCUT2D eigenvalue weighted by Gasteiger charge is -2.07. The van der Waals surface area contributed by atoms with E-state index < -0.39 is 5.82 Å². The van der Waals surface area contributed by atoms with Crippen LogP contribution in [0.1, 0.15) is 16.7 Å². The van der Waals surface area contributed by atoms with Crippen molar-refractivity contribution >= 4 is 34.6 Å². The molecule has 0 unspecified atom stereocenters. The van der Waals surface area contributed by atoms with E-state index in [1.807, 2.05) is 36.4 Å². The zero-order valence-electron chi connectivity index (χ0n) is 16.3. The van der Waals surface area contributed by atoms with Crippen molar-refractivity contribution in [3.63, 3.8) is 0 Å². The Kier molecular flexibility index (Phi) is 5.95. The fraction of sp³-hybridized carbons (Fsp3) is 0.0833. The summed E-state index contributed by atoms with van der Waals surface area (Å²) in [6.45, 7) is 2.55. The van der Waals surface area contributed by atoms with Gasteiger partial charge in [-0.1, -0.05) is 54.1 Å². The monoisotopic (exact) mass is 418 g/mol. The molecule has 1 amide bonds. The van der Waals surface area contributed by atoms with Crippen LogP contribution in [0.4, 0.5) is 10.1 Å². The highest BCUT2D eigenvalue weighted by atomic mass is 32.2. The average molecular weight is 418 g/mol. The number of carbonyl (C=O) groups is 1. The summed E-state index contributed by atoms with van der Waals surface area (Å²) >= 11 is 1.18. The first kappa shape index (κ1) is 19.9. The Morgan fingerprint density at radius 3 is 2.63 bits per heavy atom. The van der Waals surface area contributed by atoms with Gasteiger partial charge in [-0.2, -0.15) is 0 Å². The maximum atomic E-state index is 13.8. The van der Waals surface area contributed by atoms with Gasteiger partial charge in [0.2, 0.25) is 0 Å². The van der Waals surface area contributed by atoms with Gasteiger partial charge in [-0.3, -0.25) is 4.79 Å². The number of hydrogen-bond acceptors (Lipinski definition) is 4. The van der Waals surface area contributed by atoms with Crippen molar-refractivity contribution in [2.75, 3.05) is 0 Å². The van der Waals surface area contributed by atoms with Crippen LogP contribution >= 0.6 is 11.8 Å². The SMILES string of the molecule is Cc1cccc(COc2ccc(/C=C3\SC(=Nc4ccccc4F)NC3=O)cc2)c1. The van der Waals surface area contributed by atoms with Crippen LogP contribution in [0, 0.1) is 12.7 Å². The predicted molar refractivity (Wildman–Crippen MR) is 119 cm³/mol. The molecular weight excluding hydrogens is 399 g/mol. The molecule has 4 nitrogen and oxygen atoms in total. The van der Waals surface area contributed by atoms with E-state index in [2.05, 4.69) is 29.4 Å². The van der Waals surface area contributed by atoms with Gasteiger partial charge in [-0.05, 0) is 60.2 Å². The molecular formula is C24H19FN2O2S. The van der Waals surface area contributed by atoms with Crippen LogP contribution in [0.25, 0.3) is 6.08 Å². The maximum Gasteiger partial charge on any atom is 0.264 e. The number of aliphatic imine (C=N–C) groups is 1. The molecule has 0 saturated carbocycles. The molecule has 150 valence electrons. The summed E-state index contributed by atoms with van der Waals surface area (Å²) in [6, 6.07) is 21.9.